The maximum Gasteiger partial charge on any atom is 0.0740 e. The molecule has 0 saturated carbocycles. The predicted molar refractivity (Wildman–Crippen MR) is 71.3 cm³/mol. The van der Waals surface area contributed by atoms with Gasteiger partial charge in [0, 0.05) is 14.6 Å². The number of hydrogen-bond acceptors (Lipinski definition) is 3. The zero-order valence-corrected chi connectivity index (χ0v) is 10.9. The first-order chi connectivity index (χ1) is 6.81. The molecule has 0 radical (unpaired) electrons. The van der Waals surface area contributed by atoms with E-state index in [2.05, 4.69) is 30.5 Å². The zero-order chi connectivity index (χ0) is 9.97. The summed E-state index contributed by atoms with van der Waals surface area (Å²) < 4.78 is 0. The van der Waals surface area contributed by atoms with E-state index in [4.69, 9.17) is 5.73 Å². The van der Waals surface area contributed by atoms with Crippen LogP contribution in [0.5, 0.6) is 0 Å². The topological polar surface area (TPSA) is 26.0 Å². The number of nitrogens with two attached hydrogens (primary N) is 1. The van der Waals surface area contributed by atoms with Crippen molar-refractivity contribution in [3.8, 4) is 0 Å². The molecular formula is C11H14ClNS2. The molecule has 0 aliphatic rings. The molecule has 15 heavy (non-hydrogen) atoms. The van der Waals surface area contributed by atoms with Crippen LogP contribution in [0.4, 0.5) is 0 Å². The fourth-order valence-electron chi connectivity index (χ4n) is 1.36. The molecule has 0 amide bonds. The number of rotatable bonds is 3. The fraction of sp³-hybridized carbons (Fsp3) is 0.273. The average molecular weight is 260 g/mol. The lowest BCUT2D eigenvalue weighted by Crippen LogP contribution is -2.07. The van der Waals surface area contributed by atoms with Crippen LogP contribution in [0.1, 0.15) is 27.6 Å². The van der Waals surface area contributed by atoms with Crippen LogP contribution in [0.2, 0.25) is 0 Å². The molecule has 0 aromatic carbocycles. The van der Waals surface area contributed by atoms with Crippen LogP contribution in [0.15, 0.2) is 29.6 Å². The van der Waals surface area contributed by atoms with E-state index >= 15 is 0 Å². The summed E-state index contributed by atoms with van der Waals surface area (Å²) in [6.07, 6.45) is 1.10. The summed E-state index contributed by atoms with van der Waals surface area (Å²) in [6, 6.07) is 8.54. The Morgan fingerprint density at radius 3 is 2.60 bits per heavy atom. The molecule has 0 fully saturated rings. The highest BCUT2D eigenvalue weighted by Gasteiger charge is 2.11. The first-order valence-electron chi connectivity index (χ1n) is 4.69. The van der Waals surface area contributed by atoms with E-state index in [0.29, 0.717) is 0 Å². The van der Waals surface area contributed by atoms with Gasteiger partial charge in [0.05, 0.1) is 6.04 Å². The van der Waals surface area contributed by atoms with E-state index < -0.39 is 0 Å². The first kappa shape index (κ1) is 12.7. The van der Waals surface area contributed by atoms with Crippen LogP contribution in [0.3, 0.4) is 0 Å². The van der Waals surface area contributed by atoms with Gasteiger partial charge >= 0.3 is 0 Å². The second-order valence-electron chi connectivity index (χ2n) is 3.15. The van der Waals surface area contributed by atoms with Gasteiger partial charge in [-0.2, -0.15) is 0 Å². The van der Waals surface area contributed by atoms with Crippen molar-refractivity contribution in [1.29, 1.82) is 0 Å². The fourth-order valence-corrected chi connectivity index (χ4v) is 3.15. The lowest BCUT2D eigenvalue weighted by atomic mass is 10.2. The van der Waals surface area contributed by atoms with Gasteiger partial charge in [-0.05, 0) is 30.0 Å². The van der Waals surface area contributed by atoms with E-state index in [1.165, 1.54) is 14.6 Å². The largest absolute Gasteiger partial charge is 0.319 e. The monoisotopic (exact) mass is 259 g/mol. The van der Waals surface area contributed by atoms with E-state index in [9.17, 15) is 0 Å². The van der Waals surface area contributed by atoms with Crippen LogP contribution in [0.25, 0.3) is 0 Å². The minimum absolute atomic E-state index is 0. The third-order valence-electron chi connectivity index (χ3n) is 2.19. The quantitative estimate of drug-likeness (QED) is 0.891. The van der Waals surface area contributed by atoms with Crippen LogP contribution in [-0.4, -0.2) is 0 Å². The second kappa shape index (κ2) is 5.66. The van der Waals surface area contributed by atoms with Crippen LogP contribution >= 0.6 is 35.1 Å². The molecule has 1 atom stereocenters. The molecule has 2 aromatic heterocycles. The van der Waals surface area contributed by atoms with Gasteiger partial charge in [-0.25, -0.2) is 0 Å². The Kier molecular flexibility index (Phi) is 4.80. The van der Waals surface area contributed by atoms with Crippen LogP contribution in [-0.2, 0) is 6.42 Å². The number of halogens is 1. The SMILES string of the molecule is CCc1ccc([C@H](N)c2cccs2)s1.Cl. The van der Waals surface area contributed by atoms with Gasteiger partial charge in [0.2, 0.25) is 0 Å². The van der Waals surface area contributed by atoms with E-state index in [-0.39, 0.29) is 18.4 Å². The summed E-state index contributed by atoms with van der Waals surface area (Å²) in [6.45, 7) is 2.17. The molecule has 0 aliphatic carbocycles. The smallest absolute Gasteiger partial charge is 0.0740 e. The van der Waals surface area contributed by atoms with Crippen molar-refractivity contribution < 1.29 is 0 Å². The zero-order valence-electron chi connectivity index (χ0n) is 8.47. The Morgan fingerprint density at radius 2 is 2.07 bits per heavy atom. The van der Waals surface area contributed by atoms with Crippen molar-refractivity contribution in [2.24, 2.45) is 5.73 Å². The molecule has 2 aromatic rings. The van der Waals surface area contributed by atoms with Crippen LogP contribution in [0, 0.1) is 0 Å². The van der Waals surface area contributed by atoms with Crippen molar-refractivity contribution in [3.05, 3.63) is 44.3 Å². The molecule has 0 saturated heterocycles. The second-order valence-corrected chi connectivity index (χ2v) is 5.33. The minimum Gasteiger partial charge on any atom is -0.319 e. The van der Waals surface area contributed by atoms with Gasteiger partial charge in [0.25, 0.3) is 0 Å². The molecule has 0 spiro atoms. The standard InChI is InChI=1S/C11H13NS2.ClH/c1-2-8-5-6-10(14-8)11(12)9-4-3-7-13-9;/h3-7,11H,2,12H2,1H3;1H/t11-;/m1./s1. The summed E-state index contributed by atoms with van der Waals surface area (Å²) in [4.78, 5) is 3.92. The molecule has 1 nitrogen and oxygen atoms in total. The molecule has 2 heterocycles. The van der Waals surface area contributed by atoms with Gasteiger partial charge in [0.15, 0.2) is 0 Å². The summed E-state index contributed by atoms with van der Waals surface area (Å²) >= 11 is 3.55. The molecule has 82 valence electrons. The third kappa shape index (κ3) is 2.82. The van der Waals surface area contributed by atoms with Gasteiger partial charge in [0.1, 0.15) is 0 Å². The third-order valence-corrected chi connectivity index (χ3v) is 4.46. The maximum absolute atomic E-state index is 6.15. The number of aryl methyl sites for hydroxylation is 1. The highest BCUT2D eigenvalue weighted by atomic mass is 35.5. The molecule has 0 aliphatic heterocycles. The Hall–Kier alpha value is -0.350. The highest BCUT2D eigenvalue weighted by Crippen LogP contribution is 2.29. The van der Waals surface area contributed by atoms with E-state index in [1.807, 2.05) is 17.4 Å². The molecule has 2 N–H and O–H groups in total. The van der Waals surface area contributed by atoms with Gasteiger partial charge in [-0.3, -0.25) is 0 Å². The van der Waals surface area contributed by atoms with Crippen molar-refractivity contribution in [2.75, 3.05) is 0 Å². The van der Waals surface area contributed by atoms with Gasteiger partial charge in [-0.15, -0.1) is 35.1 Å². The van der Waals surface area contributed by atoms with Gasteiger partial charge in [-0.1, -0.05) is 13.0 Å². The van der Waals surface area contributed by atoms with Crippen molar-refractivity contribution >= 4 is 35.1 Å². The van der Waals surface area contributed by atoms with Crippen molar-refractivity contribution in [2.45, 2.75) is 19.4 Å². The minimum atomic E-state index is 0. The molecular weight excluding hydrogens is 246 g/mol. The summed E-state index contributed by atoms with van der Waals surface area (Å²) in [5.74, 6) is 0. The Bertz CT molecular complexity index is 394. The normalized spacial score (nSPS) is 12.1. The number of thiophene rings is 2. The summed E-state index contributed by atoms with van der Waals surface area (Å²) in [7, 11) is 0. The summed E-state index contributed by atoms with van der Waals surface area (Å²) in [5.41, 5.74) is 6.15. The highest BCUT2D eigenvalue weighted by molar-refractivity contribution is 7.13. The predicted octanol–water partition coefficient (Wildman–Crippen LogP) is 3.84. The van der Waals surface area contributed by atoms with Crippen molar-refractivity contribution in [3.63, 3.8) is 0 Å². The van der Waals surface area contributed by atoms with Crippen molar-refractivity contribution in [1.82, 2.24) is 0 Å². The Labute approximate surface area is 104 Å². The molecule has 0 bridgehead atoms. The molecule has 2 rings (SSSR count). The Balaban J connectivity index is 0.00000112. The molecule has 4 heteroatoms. The molecule has 0 unspecified atom stereocenters. The van der Waals surface area contributed by atoms with Gasteiger partial charge < -0.3 is 5.73 Å². The Morgan fingerprint density at radius 1 is 1.27 bits per heavy atom. The van der Waals surface area contributed by atoms with E-state index in [0.717, 1.165) is 6.42 Å². The average Bonchev–Trinajstić information content (AvgIpc) is 2.88. The number of hydrogen-bond donors (Lipinski definition) is 1. The lowest BCUT2D eigenvalue weighted by molar-refractivity contribution is 0.917. The van der Waals surface area contributed by atoms with Crippen LogP contribution < -0.4 is 5.73 Å². The maximum atomic E-state index is 6.15. The summed E-state index contributed by atoms with van der Waals surface area (Å²) in [5, 5.41) is 2.07. The van der Waals surface area contributed by atoms with E-state index in [1.54, 1.807) is 11.3 Å². The lowest BCUT2D eigenvalue weighted by Gasteiger charge is -2.05. The first-order valence-corrected chi connectivity index (χ1v) is 6.38.